The third kappa shape index (κ3) is 3.84. The number of halogens is 3. The van der Waals surface area contributed by atoms with Gasteiger partial charge in [-0.05, 0) is 55.8 Å². The van der Waals surface area contributed by atoms with Gasteiger partial charge in [-0.1, -0.05) is 29.8 Å². The maximum absolute atomic E-state index is 13.0. The van der Waals surface area contributed by atoms with Crippen molar-refractivity contribution in [1.29, 1.82) is 0 Å². The lowest BCUT2D eigenvalue weighted by Crippen LogP contribution is -2.04. The summed E-state index contributed by atoms with van der Waals surface area (Å²) in [7, 11) is 0. The van der Waals surface area contributed by atoms with Gasteiger partial charge in [-0.15, -0.1) is 5.10 Å². The topological polar surface area (TPSA) is 71.2 Å². The maximum atomic E-state index is 13.0. The number of rotatable bonds is 3. The number of phenols is 2. The number of hydrogen-bond acceptors (Lipinski definition) is 4. The van der Waals surface area contributed by atoms with Crippen LogP contribution in [0, 0.1) is 13.8 Å². The zero-order chi connectivity index (χ0) is 22.3. The number of aromatic hydroxyl groups is 2. The van der Waals surface area contributed by atoms with Gasteiger partial charge in [0.15, 0.2) is 11.6 Å². The molecule has 0 atom stereocenters. The first-order valence-corrected chi connectivity index (χ1v) is 9.39. The maximum Gasteiger partial charge on any atom is 0.416 e. The molecule has 0 saturated heterocycles. The Labute approximate surface area is 176 Å². The van der Waals surface area contributed by atoms with Gasteiger partial charge in [0.1, 0.15) is 11.5 Å². The minimum absolute atomic E-state index is 0.0240. The van der Waals surface area contributed by atoms with Crippen LogP contribution in [-0.2, 0) is 6.18 Å². The molecule has 5 nitrogen and oxygen atoms in total. The first-order valence-electron chi connectivity index (χ1n) is 9.39. The summed E-state index contributed by atoms with van der Waals surface area (Å²) in [6.07, 6.45) is -4.58. The number of alkyl halides is 3. The third-order valence-corrected chi connectivity index (χ3v) is 4.90. The molecule has 4 rings (SSSR count). The second kappa shape index (κ2) is 7.46. The molecule has 2 N–H and O–H groups in total. The summed E-state index contributed by atoms with van der Waals surface area (Å²) in [6.45, 7) is 3.85. The van der Waals surface area contributed by atoms with E-state index < -0.39 is 17.5 Å². The van der Waals surface area contributed by atoms with Crippen molar-refractivity contribution in [3.63, 3.8) is 0 Å². The average molecular weight is 425 g/mol. The van der Waals surface area contributed by atoms with E-state index in [9.17, 15) is 23.4 Å². The molecule has 31 heavy (non-hydrogen) atoms. The highest BCUT2D eigenvalue weighted by Gasteiger charge is 2.31. The minimum Gasteiger partial charge on any atom is -0.507 e. The number of nitrogens with zero attached hydrogens (tertiary/aromatic N) is 3. The number of hydrogen-bond donors (Lipinski definition) is 2. The second-order valence-electron chi connectivity index (χ2n) is 7.21. The van der Waals surface area contributed by atoms with E-state index in [2.05, 4.69) is 10.1 Å². The molecule has 0 radical (unpaired) electrons. The predicted octanol–water partition coefficient (Wildman–Crippen LogP) is 5.65. The SMILES string of the molecule is Cc1ccc(-n2nc(-c3ccc(C(F)(F)F)cc3O)nc2-c2ccccc2O)c(C)c1. The summed E-state index contributed by atoms with van der Waals surface area (Å²) in [4.78, 5) is 4.45. The van der Waals surface area contributed by atoms with Crippen molar-refractivity contribution in [2.75, 3.05) is 0 Å². The molecule has 0 aliphatic heterocycles. The summed E-state index contributed by atoms with van der Waals surface area (Å²) < 4.78 is 40.4. The Balaban J connectivity index is 1.93. The molecule has 8 heteroatoms. The van der Waals surface area contributed by atoms with Crippen LogP contribution in [0.15, 0.2) is 60.7 Å². The fourth-order valence-corrected chi connectivity index (χ4v) is 3.37. The summed E-state index contributed by atoms with van der Waals surface area (Å²) in [5, 5.41) is 25.1. The van der Waals surface area contributed by atoms with Crippen LogP contribution in [0.25, 0.3) is 28.5 Å². The standard InChI is InChI=1S/C23H18F3N3O2/c1-13-7-10-18(14(2)11-13)29-22(17-5-3-4-6-19(17)30)27-21(28-29)16-9-8-15(12-20(16)31)23(24,25)26/h3-12,30-31H,1-2H3. The lowest BCUT2D eigenvalue weighted by atomic mass is 10.1. The van der Waals surface area contributed by atoms with E-state index in [1.165, 1.54) is 10.7 Å². The molecular formula is C23H18F3N3O2. The Bertz CT molecular complexity index is 1280. The van der Waals surface area contributed by atoms with E-state index in [4.69, 9.17) is 0 Å². The van der Waals surface area contributed by atoms with Gasteiger partial charge >= 0.3 is 6.18 Å². The van der Waals surface area contributed by atoms with E-state index in [1.807, 2.05) is 32.0 Å². The van der Waals surface area contributed by atoms with Crippen LogP contribution in [0.5, 0.6) is 11.5 Å². The average Bonchev–Trinajstić information content (AvgIpc) is 3.12. The van der Waals surface area contributed by atoms with Crippen molar-refractivity contribution in [2.45, 2.75) is 20.0 Å². The predicted molar refractivity (Wildman–Crippen MR) is 110 cm³/mol. The summed E-state index contributed by atoms with van der Waals surface area (Å²) in [5.74, 6) is -0.288. The van der Waals surface area contributed by atoms with Gasteiger partial charge < -0.3 is 10.2 Å². The van der Waals surface area contributed by atoms with Crippen LogP contribution in [0.2, 0.25) is 0 Å². The van der Waals surface area contributed by atoms with E-state index >= 15 is 0 Å². The molecule has 0 aliphatic carbocycles. The molecule has 0 saturated carbocycles. The number of para-hydroxylation sites is 1. The number of benzene rings is 3. The van der Waals surface area contributed by atoms with E-state index in [1.54, 1.807) is 18.2 Å². The van der Waals surface area contributed by atoms with Crippen molar-refractivity contribution in [3.8, 4) is 40.0 Å². The molecule has 0 spiro atoms. The van der Waals surface area contributed by atoms with Crippen LogP contribution < -0.4 is 0 Å². The van der Waals surface area contributed by atoms with Crippen LogP contribution in [0.3, 0.4) is 0 Å². The van der Waals surface area contributed by atoms with E-state index in [0.717, 1.165) is 23.3 Å². The van der Waals surface area contributed by atoms with Gasteiger partial charge in [0.2, 0.25) is 0 Å². The van der Waals surface area contributed by atoms with Crippen molar-refractivity contribution in [1.82, 2.24) is 14.8 Å². The monoisotopic (exact) mass is 425 g/mol. The Morgan fingerprint density at radius 1 is 0.839 bits per heavy atom. The molecule has 0 bridgehead atoms. The highest BCUT2D eigenvalue weighted by Crippen LogP contribution is 2.37. The second-order valence-corrected chi connectivity index (χ2v) is 7.21. The van der Waals surface area contributed by atoms with E-state index in [-0.39, 0.29) is 17.1 Å². The van der Waals surface area contributed by atoms with Gasteiger partial charge in [-0.2, -0.15) is 13.2 Å². The molecule has 0 aliphatic rings. The van der Waals surface area contributed by atoms with Gasteiger partial charge in [0.25, 0.3) is 0 Å². The summed E-state index contributed by atoms with van der Waals surface area (Å²) in [5.41, 5.74) is 2.11. The fraction of sp³-hybridized carbons (Fsp3) is 0.130. The first-order chi connectivity index (χ1) is 14.6. The highest BCUT2D eigenvalue weighted by atomic mass is 19.4. The molecule has 0 unspecified atom stereocenters. The minimum atomic E-state index is -4.58. The molecule has 3 aromatic carbocycles. The van der Waals surface area contributed by atoms with Crippen LogP contribution >= 0.6 is 0 Å². The van der Waals surface area contributed by atoms with Gasteiger partial charge in [0, 0.05) is 0 Å². The molecule has 1 aromatic heterocycles. The van der Waals surface area contributed by atoms with Crippen LogP contribution in [0.1, 0.15) is 16.7 Å². The molecule has 0 fully saturated rings. The number of aromatic nitrogens is 3. The molecule has 0 amide bonds. The fourth-order valence-electron chi connectivity index (χ4n) is 3.37. The van der Waals surface area contributed by atoms with Crippen molar-refractivity contribution in [2.24, 2.45) is 0 Å². The summed E-state index contributed by atoms with van der Waals surface area (Å²) >= 11 is 0. The van der Waals surface area contributed by atoms with E-state index in [0.29, 0.717) is 23.1 Å². The van der Waals surface area contributed by atoms with Gasteiger partial charge in [0.05, 0.1) is 22.4 Å². The van der Waals surface area contributed by atoms with Crippen LogP contribution in [-0.4, -0.2) is 25.0 Å². The highest BCUT2D eigenvalue weighted by molar-refractivity contribution is 5.71. The molecule has 4 aromatic rings. The Morgan fingerprint density at radius 2 is 1.58 bits per heavy atom. The Kier molecular flexibility index (Phi) is 4.93. The normalized spacial score (nSPS) is 11.6. The Hall–Kier alpha value is -3.81. The Morgan fingerprint density at radius 3 is 2.23 bits per heavy atom. The number of aryl methyl sites for hydroxylation is 2. The largest absolute Gasteiger partial charge is 0.507 e. The summed E-state index contributed by atoms with van der Waals surface area (Å²) in [6, 6.07) is 14.9. The third-order valence-electron chi connectivity index (χ3n) is 4.90. The molecular weight excluding hydrogens is 407 g/mol. The lowest BCUT2D eigenvalue weighted by molar-refractivity contribution is -0.137. The smallest absolute Gasteiger partial charge is 0.416 e. The first kappa shape index (κ1) is 20.5. The zero-order valence-corrected chi connectivity index (χ0v) is 16.6. The van der Waals surface area contributed by atoms with Crippen molar-refractivity contribution in [3.05, 3.63) is 77.4 Å². The van der Waals surface area contributed by atoms with Gasteiger partial charge in [-0.3, -0.25) is 0 Å². The van der Waals surface area contributed by atoms with Crippen LogP contribution in [0.4, 0.5) is 13.2 Å². The van der Waals surface area contributed by atoms with Gasteiger partial charge in [-0.25, -0.2) is 9.67 Å². The van der Waals surface area contributed by atoms with Crippen molar-refractivity contribution < 1.29 is 23.4 Å². The molecule has 158 valence electrons. The number of phenolic OH excluding ortho intramolecular Hbond substituents is 2. The molecule has 1 heterocycles. The quantitative estimate of drug-likeness (QED) is 0.445. The van der Waals surface area contributed by atoms with Crippen molar-refractivity contribution >= 4 is 0 Å². The lowest BCUT2D eigenvalue weighted by Gasteiger charge is -2.10. The zero-order valence-electron chi connectivity index (χ0n) is 16.6.